The number of hydrogen-bond acceptors (Lipinski definition) is 4. The van der Waals surface area contributed by atoms with Gasteiger partial charge in [-0.15, -0.1) is 24.8 Å². The van der Waals surface area contributed by atoms with Crippen molar-refractivity contribution in [1.82, 2.24) is 14.8 Å². The van der Waals surface area contributed by atoms with Gasteiger partial charge in [0.2, 0.25) is 0 Å². The van der Waals surface area contributed by atoms with Crippen LogP contribution < -0.4 is 4.90 Å². The van der Waals surface area contributed by atoms with Crippen molar-refractivity contribution in [1.29, 1.82) is 0 Å². The minimum Gasteiger partial charge on any atom is -0.375 e. The number of anilines is 1. The third-order valence-electron chi connectivity index (χ3n) is 7.23. The van der Waals surface area contributed by atoms with Crippen LogP contribution in [0.5, 0.6) is 0 Å². The molecule has 0 amide bonds. The molecule has 0 spiro atoms. The second kappa shape index (κ2) is 12.6. The fraction of sp³-hybridized carbons (Fsp3) is 0.393. The maximum atomic E-state index is 13.3. The van der Waals surface area contributed by atoms with E-state index < -0.39 is 0 Å². The fourth-order valence-corrected chi connectivity index (χ4v) is 5.35. The molecular formula is C28H35Cl2FN4. The van der Waals surface area contributed by atoms with Crippen LogP contribution in [0.2, 0.25) is 0 Å². The summed E-state index contributed by atoms with van der Waals surface area (Å²) >= 11 is 0. The lowest BCUT2D eigenvalue weighted by atomic mass is 9.88. The number of piperazine rings is 1. The Morgan fingerprint density at radius 3 is 2.40 bits per heavy atom. The van der Waals surface area contributed by atoms with Crippen molar-refractivity contribution in [2.75, 3.05) is 50.7 Å². The number of benzene rings is 2. The number of nitrogens with zero attached hydrogens (tertiary/aromatic N) is 4. The summed E-state index contributed by atoms with van der Waals surface area (Å²) in [5, 5.41) is 2.50. The van der Waals surface area contributed by atoms with Gasteiger partial charge in [-0.1, -0.05) is 43.0 Å². The van der Waals surface area contributed by atoms with Crippen LogP contribution in [0, 0.1) is 5.82 Å². The normalized spacial score (nSPS) is 18.8. The first-order chi connectivity index (χ1) is 16.2. The van der Waals surface area contributed by atoms with Gasteiger partial charge < -0.3 is 9.80 Å². The molecule has 188 valence electrons. The van der Waals surface area contributed by atoms with Gasteiger partial charge in [0.1, 0.15) is 11.6 Å². The molecule has 2 fully saturated rings. The number of rotatable bonds is 6. The summed E-state index contributed by atoms with van der Waals surface area (Å²) in [6.45, 7) is 11.8. The molecule has 0 N–H and O–H groups in total. The molecule has 35 heavy (non-hydrogen) atoms. The first kappa shape index (κ1) is 27.3. The van der Waals surface area contributed by atoms with Crippen LogP contribution in [0.25, 0.3) is 10.8 Å². The highest BCUT2D eigenvalue weighted by molar-refractivity contribution is 5.92. The maximum Gasteiger partial charge on any atom is 0.136 e. The quantitative estimate of drug-likeness (QED) is 0.393. The Labute approximate surface area is 220 Å². The minimum absolute atomic E-state index is 0. The number of fused-ring (bicyclic) bond motifs is 1. The van der Waals surface area contributed by atoms with Gasteiger partial charge in [-0.3, -0.25) is 4.90 Å². The predicted octanol–water partition coefficient (Wildman–Crippen LogP) is 6.12. The summed E-state index contributed by atoms with van der Waals surface area (Å²) in [6.07, 6.45) is 5.33. The summed E-state index contributed by atoms with van der Waals surface area (Å²) in [7, 11) is 0. The number of aromatic nitrogens is 1. The van der Waals surface area contributed by atoms with Crippen LogP contribution in [0.4, 0.5) is 10.2 Å². The van der Waals surface area contributed by atoms with Gasteiger partial charge in [-0.25, -0.2) is 9.37 Å². The highest BCUT2D eigenvalue weighted by atomic mass is 35.5. The van der Waals surface area contributed by atoms with E-state index in [0.717, 1.165) is 70.9 Å². The number of allylic oxidation sites excluding steroid dienone is 1. The van der Waals surface area contributed by atoms with E-state index in [1.807, 2.05) is 18.3 Å². The summed E-state index contributed by atoms with van der Waals surface area (Å²) in [4.78, 5) is 12.2. The zero-order valence-corrected chi connectivity index (χ0v) is 21.7. The lowest BCUT2D eigenvalue weighted by Crippen LogP contribution is -2.47. The van der Waals surface area contributed by atoms with Gasteiger partial charge in [0.05, 0.1) is 0 Å². The Hall–Kier alpha value is -2.34. The third-order valence-corrected chi connectivity index (χ3v) is 7.23. The zero-order valence-electron chi connectivity index (χ0n) is 20.1. The van der Waals surface area contributed by atoms with E-state index >= 15 is 0 Å². The standard InChI is InChI=1S/C28H33FN4.2ClH/c1-22-26(24-9-11-25(29)12-10-24)8-4-16-32(22)17-5-15-31-18-20-33(21-19-31)28-27-7-3-2-6-23(27)13-14-30-28;;/h2-3,6-7,9-14,26H,1,4-5,8,15-21H2;2*1H. The van der Waals surface area contributed by atoms with Gasteiger partial charge in [0.15, 0.2) is 0 Å². The van der Waals surface area contributed by atoms with Crippen molar-refractivity contribution in [2.24, 2.45) is 0 Å². The Bertz CT molecular complexity index is 1090. The second-order valence-corrected chi connectivity index (χ2v) is 9.26. The van der Waals surface area contributed by atoms with E-state index in [4.69, 9.17) is 4.98 Å². The number of likely N-dealkylation sites (tertiary alicyclic amines) is 1. The largest absolute Gasteiger partial charge is 0.375 e. The van der Waals surface area contributed by atoms with Gasteiger partial charge >= 0.3 is 0 Å². The predicted molar refractivity (Wildman–Crippen MR) is 149 cm³/mol. The highest BCUT2D eigenvalue weighted by Crippen LogP contribution is 2.34. The van der Waals surface area contributed by atoms with E-state index in [9.17, 15) is 4.39 Å². The van der Waals surface area contributed by atoms with Crippen LogP contribution in [-0.4, -0.2) is 60.6 Å². The molecule has 0 aliphatic carbocycles. The first-order valence-corrected chi connectivity index (χ1v) is 12.2. The van der Waals surface area contributed by atoms with E-state index in [1.54, 1.807) is 12.1 Å². The summed E-state index contributed by atoms with van der Waals surface area (Å²) in [5.41, 5.74) is 2.38. The smallest absolute Gasteiger partial charge is 0.136 e. The van der Waals surface area contributed by atoms with Crippen LogP contribution in [0.1, 0.15) is 30.7 Å². The van der Waals surface area contributed by atoms with Gasteiger partial charge in [0, 0.05) is 62.5 Å². The van der Waals surface area contributed by atoms with E-state index in [1.165, 1.54) is 22.0 Å². The zero-order chi connectivity index (χ0) is 22.6. The van der Waals surface area contributed by atoms with Crippen molar-refractivity contribution >= 4 is 41.4 Å². The van der Waals surface area contributed by atoms with E-state index in [-0.39, 0.29) is 30.6 Å². The van der Waals surface area contributed by atoms with Gasteiger partial charge in [-0.2, -0.15) is 0 Å². The number of hydrogen-bond donors (Lipinski definition) is 0. The Morgan fingerprint density at radius 1 is 0.886 bits per heavy atom. The van der Waals surface area contributed by atoms with Crippen LogP contribution >= 0.6 is 24.8 Å². The highest BCUT2D eigenvalue weighted by Gasteiger charge is 2.25. The molecule has 2 saturated heterocycles. The SMILES string of the molecule is C=C1C(c2ccc(F)cc2)CCCN1CCCN1CCN(c2nccc3ccccc23)CC1.Cl.Cl. The molecule has 0 saturated carbocycles. The molecule has 1 aromatic heterocycles. The molecule has 1 atom stereocenters. The van der Waals surface area contributed by atoms with Crippen LogP contribution in [0.3, 0.4) is 0 Å². The lowest BCUT2D eigenvalue weighted by Gasteiger charge is -2.38. The first-order valence-electron chi connectivity index (χ1n) is 12.2. The van der Waals surface area contributed by atoms with Crippen molar-refractivity contribution in [3.63, 3.8) is 0 Å². The monoisotopic (exact) mass is 516 g/mol. The number of halogens is 3. The molecule has 3 aromatic rings. The lowest BCUT2D eigenvalue weighted by molar-refractivity contribution is 0.221. The molecule has 4 nitrogen and oxygen atoms in total. The summed E-state index contributed by atoms with van der Waals surface area (Å²) in [5.74, 6) is 1.26. The molecular weight excluding hydrogens is 482 g/mol. The van der Waals surface area contributed by atoms with Crippen molar-refractivity contribution < 1.29 is 4.39 Å². The second-order valence-electron chi connectivity index (χ2n) is 9.26. The molecule has 2 aromatic carbocycles. The fourth-order valence-electron chi connectivity index (χ4n) is 5.35. The minimum atomic E-state index is -0.173. The number of pyridine rings is 1. The molecule has 0 radical (unpaired) electrons. The Morgan fingerprint density at radius 2 is 1.63 bits per heavy atom. The van der Waals surface area contributed by atoms with E-state index in [0.29, 0.717) is 5.92 Å². The molecule has 5 rings (SSSR count). The molecule has 2 aliphatic rings. The molecule has 7 heteroatoms. The maximum absolute atomic E-state index is 13.3. The summed E-state index contributed by atoms with van der Waals surface area (Å²) < 4.78 is 13.3. The molecule has 3 heterocycles. The summed E-state index contributed by atoms with van der Waals surface area (Å²) in [6, 6.07) is 17.6. The van der Waals surface area contributed by atoms with Crippen LogP contribution in [-0.2, 0) is 0 Å². The molecule has 0 bridgehead atoms. The topological polar surface area (TPSA) is 22.6 Å². The van der Waals surface area contributed by atoms with Crippen molar-refractivity contribution in [3.8, 4) is 0 Å². The number of piperidine rings is 1. The Kier molecular flexibility index (Phi) is 9.79. The molecule has 2 aliphatic heterocycles. The Balaban J connectivity index is 0.00000171. The molecule has 1 unspecified atom stereocenters. The average molecular weight is 518 g/mol. The van der Waals surface area contributed by atoms with Crippen molar-refractivity contribution in [2.45, 2.75) is 25.2 Å². The third kappa shape index (κ3) is 6.27. The van der Waals surface area contributed by atoms with E-state index in [2.05, 4.69) is 51.6 Å². The van der Waals surface area contributed by atoms with Gasteiger partial charge in [0.25, 0.3) is 0 Å². The van der Waals surface area contributed by atoms with Crippen molar-refractivity contribution in [3.05, 3.63) is 84.5 Å². The average Bonchev–Trinajstić information content (AvgIpc) is 2.86. The van der Waals surface area contributed by atoms with Gasteiger partial charge in [-0.05, 0) is 55.0 Å². The van der Waals surface area contributed by atoms with Crippen LogP contribution in [0.15, 0.2) is 73.1 Å².